The van der Waals surface area contributed by atoms with Gasteiger partial charge in [0.05, 0.1) is 22.7 Å². The van der Waals surface area contributed by atoms with Gasteiger partial charge < -0.3 is 22.9 Å². The summed E-state index contributed by atoms with van der Waals surface area (Å²) in [5, 5.41) is 0. The molecule has 4 aromatic rings. The van der Waals surface area contributed by atoms with E-state index in [2.05, 4.69) is 0 Å². The quantitative estimate of drug-likeness (QED) is 0.358. The largest absolute Gasteiger partial charge is 0.397 e. The molecule has 0 bridgehead atoms. The predicted octanol–water partition coefficient (Wildman–Crippen LogP) is 4.18. The van der Waals surface area contributed by atoms with Crippen LogP contribution < -0.4 is 22.9 Å². The van der Waals surface area contributed by atoms with E-state index in [9.17, 15) is 8.42 Å². The average Bonchev–Trinajstić information content (AvgIpc) is 2.78. The molecular formula is C24H22N4O2S. The topological polar surface area (TPSA) is 138 Å². The van der Waals surface area contributed by atoms with Gasteiger partial charge in [0.1, 0.15) is 9.79 Å². The number of sulfone groups is 1. The molecule has 0 spiro atoms. The number of hydrogen-bond acceptors (Lipinski definition) is 6. The first kappa shape index (κ1) is 20.3. The molecule has 0 heterocycles. The second kappa shape index (κ2) is 7.70. The fraction of sp³-hybridized carbons (Fsp3) is 0. The molecule has 0 atom stereocenters. The molecule has 7 heteroatoms. The van der Waals surface area contributed by atoms with Gasteiger partial charge in [-0.3, -0.25) is 0 Å². The lowest BCUT2D eigenvalue weighted by molar-refractivity contribution is 0.597. The second-order valence-corrected chi connectivity index (χ2v) is 8.95. The van der Waals surface area contributed by atoms with Gasteiger partial charge in [-0.25, -0.2) is 8.42 Å². The summed E-state index contributed by atoms with van der Waals surface area (Å²) >= 11 is 0. The first-order valence-electron chi connectivity index (χ1n) is 9.54. The number of benzene rings is 4. The lowest BCUT2D eigenvalue weighted by Crippen LogP contribution is -2.13. The van der Waals surface area contributed by atoms with Crippen LogP contribution in [-0.2, 0) is 9.84 Å². The van der Waals surface area contributed by atoms with E-state index in [0.29, 0.717) is 22.3 Å². The van der Waals surface area contributed by atoms with Crippen LogP contribution >= 0.6 is 0 Å². The molecule has 4 aromatic carbocycles. The Morgan fingerprint density at radius 1 is 0.484 bits per heavy atom. The Balaban J connectivity index is 2.09. The maximum absolute atomic E-state index is 14.1. The Kier molecular flexibility index (Phi) is 5.04. The monoisotopic (exact) mass is 430 g/mol. The van der Waals surface area contributed by atoms with Crippen molar-refractivity contribution in [3.8, 4) is 22.3 Å². The van der Waals surface area contributed by atoms with Crippen LogP contribution in [0.5, 0.6) is 0 Å². The van der Waals surface area contributed by atoms with Gasteiger partial charge in [0.2, 0.25) is 9.84 Å². The number of rotatable bonds is 4. The van der Waals surface area contributed by atoms with E-state index in [1.807, 2.05) is 60.7 Å². The van der Waals surface area contributed by atoms with Gasteiger partial charge in [-0.2, -0.15) is 0 Å². The zero-order valence-electron chi connectivity index (χ0n) is 16.6. The number of nitrogen functional groups attached to an aromatic ring is 4. The molecule has 0 radical (unpaired) electrons. The summed E-state index contributed by atoms with van der Waals surface area (Å²) in [5.74, 6) is 0. The third kappa shape index (κ3) is 3.45. The van der Waals surface area contributed by atoms with E-state index in [1.165, 1.54) is 0 Å². The van der Waals surface area contributed by atoms with Crippen molar-refractivity contribution in [3.63, 3.8) is 0 Å². The summed E-state index contributed by atoms with van der Waals surface area (Å²) in [6.45, 7) is 0. The first-order valence-corrected chi connectivity index (χ1v) is 11.0. The molecule has 0 aliphatic carbocycles. The summed E-state index contributed by atoms with van der Waals surface area (Å²) in [6, 6.07) is 24.7. The lowest BCUT2D eigenvalue weighted by atomic mass is 10.0. The summed E-state index contributed by atoms with van der Waals surface area (Å²) in [4.78, 5) is -0.179. The van der Waals surface area contributed by atoms with Crippen LogP contribution in [0.1, 0.15) is 0 Å². The van der Waals surface area contributed by atoms with Gasteiger partial charge >= 0.3 is 0 Å². The molecule has 8 N–H and O–H groups in total. The van der Waals surface area contributed by atoms with Crippen LogP contribution in [0.3, 0.4) is 0 Å². The zero-order chi connectivity index (χ0) is 22.2. The standard InChI is InChI=1S/C24H22N4O2S/c25-19-13-11-17(15-7-3-1-4-8-15)23(21(19)27)31(29,30)24-18(12-14-20(26)22(24)28)16-9-5-2-6-10-16/h1-14H,25-28H2. The van der Waals surface area contributed by atoms with Gasteiger partial charge in [-0.15, -0.1) is 0 Å². The highest BCUT2D eigenvalue weighted by Crippen LogP contribution is 2.44. The number of anilines is 4. The molecule has 0 fully saturated rings. The van der Waals surface area contributed by atoms with Crippen molar-refractivity contribution in [1.29, 1.82) is 0 Å². The van der Waals surface area contributed by atoms with Crippen molar-refractivity contribution in [1.82, 2.24) is 0 Å². The summed E-state index contributed by atoms with van der Waals surface area (Å²) in [5.41, 5.74) is 27.1. The third-order valence-corrected chi connectivity index (χ3v) is 7.12. The van der Waals surface area contributed by atoms with Crippen molar-refractivity contribution in [2.24, 2.45) is 0 Å². The van der Waals surface area contributed by atoms with Crippen LogP contribution in [0, 0.1) is 0 Å². The van der Waals surface area contributed by atoms with Crippen LogP contribution in [0.4, 0.5) is 22.7 Å². The molecule has 0 aromatic heterocycles. The second-order valence-electron chi connectivity index (χ2n) is 7.13. The fourth-order valence-electron chi connectivity index (χ4n) is 3.60. The van der Waals surface area contributed by atoms with E-state index < -0.39 is 9.84 Å². The normalized spacial score (nSPS) is 11.4. The van der Waals surface area contributed by atoms with Crippen LogP contribution in [-0.4, -0.2) is 8.42 Å². The Hall–Kier alpha value is -3.97. The Morgan fingerprint density at radius 2 is 0.839 bits per heavy atom. The Morgan fingerprint density at radius 3 is 1.19 bits per heavy atom. The Labute approximate surface area is 181 Å². The van der Waals surface area contributed by atoms with Gasteiger partial charge in [-0.1, -0.05) is 72.8 Å². The van der Waals surface area contributed by atoms with Crippen LogP contribution in [0.25, 0.3) is 22.3 Å². The van der Waals surface area contributed by atoms with E-state index >= 15 is 0 Å². The lowest BCUT2D eigenvalue weighted by Gasteiger charge is -2.19. The smallest absolute Gasteiger partial charge is 0.212 e. The number of nitrogens with two attached hydrogens (primary N) is 4. The van der Waals surface area contributed by atoms with Gasteiger partial charge in [0.25, 0.3) is 0 Å². The van der Waals surface area contributed by atoms with Gasteiger partial charge in [0, 0.05) is 11.1 Å². The molecule has 0 aliphatic rings. The molecule has 6 nitrogen and oxygen atoms in total. The van der Waals surface area contributed by atoms with Crippen molar-refractivity contribution in [3.05, 3.63) is 84.9 Å². The SMILES string of the molecule is Nc1ccc(-c2ccccc2)c(S(=O)(=O)c2c(-c3ccccc3)ccc(N)c2N)c1N. The van der Waals surface area contributed by atoms with Crippen molar-refractivity contribution < 1.29 is 8.42 Å². The third-order valence-electron chi connectivity index (χ3n) is 5.17. The van der Waals surface area contributed by atoms with E-state index in [0.717, 1.165) is 0 Å². The summed E-state index contributed by atoms with van der Waals surface area (Å²) in [7, 11) is -4.21. The molecule has 0 aliphatic heterocycles. The molecule has 0 saturated heterocycles. The average molecular weight is 431 g/mol. The minimum absolute atomic E-state index is 0.0258. The molecule has 156 valence electrons. The molecule has 0 unspecified atom stereocenters. The first-order chi connectivity index (χ1) is 14.8. The van der Waals surface area contributed by atoms with Crippen LogP contribution in [0.15, 0.2) is 94.7 Å². The van der Waals surface area contributed by atoms with E-state index in [4.69, 9.17) is 22.9 Å². The minimum atomic E-state index is -4.21. The highest BCUT2D eigenvalue weighted by atomic mass is 32.2. The molecule has 31 heavy (non-hydrogen) atoms. The number of hydrogen-bond donors (Lipinski definition) is 4. The summed E-state index contributed by atoms with van der Waals surface area (Å²) < 4.78 is 28.2. The fourth-order valence-corrected chi connectivity index (χ4v) is 5.57. The predicted molar refractivity (Wildman–Crippen MR) is 127 cm³/mol. The highest BCUT2D eigenvalue weighted by Gasteiger charge is 2.31. The van der Waals surface area contributed by atoms with Crippen molar-refractivity contribution >= 4 is 32.6 Å². The molecule has 4 rings (SSSR count). The Bertz CT molecular complexity index is 1270. The molecular weight excluding hydrogens is 408 g/mol. The maximum atomic E-state index is 14.1. The highest BCUT2D eigenvalue weighted by molar-refractivity contribution is 7.92. The molecule has 0 amide bonds. The maximum Gasteiger partial charge on any atom is 0.212 e. The van der Waals surface area contributed by atoms with Gasteiger partial charge in [-0.05, 0) is 23.3 Å². The van der Waals surface area contributed by atoms with E-state index in [-0.39, 0.29) is 32.5 Å². The van der Waals surface area contributed by atoms with Gasteiger partial charge in [0.15, 0.2) is 0 Å². The van der Waals surface area contributed by atoms with Crippen molar-refractivity contribution in [2.75, 3.05) is 22.9 Å². The molecule has 0 saturated carbocycles. The van der Waals surface area contributed by atoms with Crippen molar-refractivity contribution in [2.45, 2.75) is 9.79 Å². The summed E-state index contributed by atoms with van der Waals surface area (Å²) in [6.07, 6.45) is 0. The van der Waals surface area contributed by atoms with E-state index in [1.54, 1.807) is 24.3 Å². The van der Waals surface area contributed by atoms with Crippen LogP contribution in [0.2, 0.25) is 0 Å². The minimum Gasteiger partial charge on any atom is -0.397 e. The zero-order valence-corrected chi connectivity index (χ0v) is 17.4.